The number of aliphatic hydroxyl groups is 1. The van der Waals surface area contributed by atoms with Crippen LogP contribution in [0.4, 0.5) is 14.9 Å². The first-order valence-corrected chi connectivity index (χ1v) is 7.66. The number of hydrogen-bond donors (Lipinski definition) is 3. The van der Waals surface area contributed by atoms with Crippen LogP contribution >= 0.6 is 11.6 Å². The van der Waals surface area contributed by atoms with Gasteiger partial charge in [0.25, 0.3) is 0 Å². The van der Waals surface area contributed by atoms with Gasteiger partial charge in [0.1, 0.15) is 5.82 Å². The van der Waals surface area contributed by atoms with E-state index in [0.717, 1.165) is 11.6 Å². The van der Waals surface area contributed by atoms with Crippen LogP contribution in [-0.2, 0) is 0 Å². The monoisotopic (exact) mass is 336 g/mol. The maximum Gasteiger partial charge on any atom is 0.319 e. The van der Waals surface area contributed by atoms with Gasteiger partial charge in [-0.05, 0) is 36.6 Å². The Morgan fingerprint density at radius 2 is 1.96 bits per heavy atom. The number of nitrogens with one attached hydrogen (secondary N) is 2. The number of halogens is 2. The third-order valence-electron chi connectivity index (χ3n) is 3.34. The fourth-order valence-electron chi connectivity index (χ4n) is 2.21. The van der Waals surface area contributed by atoms with Crippen molar-refractivity contribution in [2.45, 2.75) is 18.9 Å². The zero-order chi connectivity index (χ0) is 16.7. The molecule has 4 nitrogen and oxygen atoms in total. The van der Waals surface area contributed by atoms with Crippen LogP contribution in [0, 0.1) is 5.82 Å². The Hall–Kier alpha value is -2.11. The van der Waals surface area contributed by atoms with E-state index in [1.165, 1.54) is 12.1 Å². The second-order valence-electron chi connectivity index (χ2n) is 5.05. The summed E-state index contributed by atoms with van der Waals surface area (Å²) in [5.74, 6) is -0.598. The molecule has 6 heteroatoms. The van der Waals surface area contributed by atoms with Crippen molar-refractivity contribution in [3.8, 4) is 0 Å². The molecule has 0 radical (unpaired) electrons. The lowest BCUT2D eigenvalue weighted by Crippen LogP contribution is -2.33. The summed E-state index contributed by atoms with van der Waals surface area (Å²) in [7, 11) is 0. The van der Waals surface area contributed by atoms with Crippen molar-refractivity contribution in [2.24, 2.45) is 0 Å². The first kappa shape index (κ1) is 17.2. The van der Waals surface area contributed by atoms with E-state index in [1.807, 2.05) is 30.3 Å². The van der Waals surface area contributed by atoms with Crippen molar-refractivity contribution in [1.29, 1.82) is 0 Å². The maximum atomic E-state index is 13.7. The molecule has 0 aliphatic heterocycles. The van der Waals surface area contributed by atoms with Crippen molar-refractivity contribution in [1.82, 2.24) is 5.32 Å². The first-order valence-electron chi connectivity index (χ1n) is 7.28. The topological polar surface area (TPSA) is 61.4 Å². The van der Waals surface area contributed by atoms with Gasteiger partial charge in [-0.3, -0.25) is 0 Å². The minimum Gasteiger partial charge on any atom is -0.396 e. The molecule has 0 saturated carbocycles. The maximum absolute atomic E-state index is 13.7. The van der Waals surface area contributed by atoms with Crippen LogP contribution < -0.4 is 10.6 Å². The highest BCUT2D eigenvalue weighted by Gasteiger charge is 2.15. The molecule has 2 aromatic rings. The van der Waals surface area contributed by atoms with Crippen molar-refractivity contribution in [2.75, 3.05) is 11.9 Å². The van der Waals surface area contributed by atoms with Crippen molar-refractivity contribution in [3.63, 3.8) is 0 Å². The van der Waals surface area contributed by atoms with Crippen molar-refractivity contribution in [3.05, 3.63) is 64.9 Å². The predicted molar refractivity (Wildman–Crippen MR) is 89.1 cm³/mol. The van der Waals surface area contributed by atoms with E-state index in [-0.39, 0.29) is 23.4 Å². The highest BCUT2D eigenvalue weighted by atomic mass is 35.5. The second kappa shape index (κ2) is 8.50. The molecule has 23 heavy (non-hydrogen) atoms. The van der Waals surface area contributed by atoms with Crippen LogP contribution in [0.3, 0.4) is 0 Å². The van der Waals surface area contributed by atoms with Crippen LogP contribution in [0.5, 0.6) is 0 Å². The number of anilines is 1. The summed E-state index contributed by atoms with van der Waals surface area (Å²) in [6.07, 6.45) is 1.13. The third kappa shape index (κ3) is 5.23. The van der Waals surface area contributed by atoms with E-state index < -0.39 is 11.8 Å². The SMILES string of the molecule is O=C(Nc1ccc(Cl)cc1F)NC(CCCO)c1ccccc1. The Bertz CT molecular complexity index is 652. The summed E-state index contributed by atoms with van der Waals surface area (Å²) in [5.41, 5.74) is 0.980. The summed E-state index contributed by atoms with van der Waals surface area (Å²) < 4.78 is 13.7. The summed E-state index contributed by atoms with van der Waals surface area (Å²) in [6, 6.07) is 12.7. The Balaban J connectivity index is 2.05. The number of carbonyl (C=O) groups excluding carboxylic acids is 1. The van der Waals surface area contributed by atoms with Gasteiger partial charge in [-0.15, -0.1) is 0 Å². The normalized spacial score (nSPS) is 11.8. The molecule has 2 aromatic carbocycles. The van der Waals surface area contributed by atoms with Gasteiger partial charge in [0.15, 0.2) is 0 Å². The number of rotatable bonds is 6. The summed E-state index contributed by atoms with van der Waals surface area (Å²) >= 11 is 5.68. The molecule has 0 aliphatic carbocycles. The lowest BCUT2D eigenvalue weighted by Gasteiger charge is -2.19. The van der Waals surface area contributed by atoms with Gasteiger partial charge in [0, 0.05) is 11.6 Å². The number of hydrogen-bond acceptors (Lipinski definition) is 2. The average molecular weight is 337 g/mol. The van der Waals surface area contributed by atoms with Crippen LogP contribution in [0.1, 0.15) is 24.4 Å². The number of benzene rings is 2. The largest absolute Gasteiger partial charge is 0.396 e. The molecule has 1 atom stereocenters. The molecule has 0 aliphatic rings. The molecule has 122 valence electrons. The molecule has 0 heterocycles. The van der Waals surface area contributed by atoms with Crippen LogP contribution in [0.2, 0.25) is 5.02 Å². The summed E-state index contributed by atoms with van der Waals surface area (Å²) in [4.78, 5) is 12.1. The van der Waals surface area contributed by atoms with Crippen LogP contribution in [0.25, 0.3) is 0 Å². The zero-order valence-corrected chi connectivity index (χ0v) is 13.2. The lowest BCUT2D eigenvalue weighted by molar-refractivity contribution is 0.243. The van der Waals surface area contributed by atoms with E-state index >= 15 is 0 Å². The number of aliphatic hydroxyl groups excluding tert-OH is 1. The molecule has 0 saturated heterocycles. The van der Waals surface area contributed by atoms with Crippen LogP contribution in [-0.4, -0.2) is 17.7 Å². The first-order chi connectivity index (χ1) is 11.1. The summed E-state index contributed by atoms with van der Waals surface area (Å²) in [6.45, 7) is 0.0401. The smallest absolute Gasteiger partial charge is 0.319 e. The molecule has 0 aromatic heterocycles. The fraction of sp³-hybridized carbons (Fsp3) is 0.235. The molecule has 2 amide bonds. The van der Waals surface area contributed by atoms with Gasteiger partial charge in [-0.25, -0.2) is 9.18 Å². The van der Waals surface area contributed by atoms with E-state index in [0.29, 0.717) is 12.8 Å². The molecule has 2 rings (SSSR count). The highest BCUT2D eigenvalue weighted by Crippen LogP contribution is 2.21. The Labute approximate surface area is 139 Å². The Kier molecular flexibility index (Phi) is 6.38. The molecule has 1 unspecified atom stereocenters. The molecular weight excluding hydrogens is 319 g/mol. The second-order valence-corrected chi connectivity index (χ2v) is 5.49. The Morgan fingerprint density at radius 1 is 1.22 bits per heavy atom. The fourth-order valence-corrected chi connectivity index (χ4v) is 2.37. The van der Waals surface area contributed by atoms with Crippen molar-refractivity contribution < 1.29 is 14.3 Å². The minimum atomic E-state index is -0.598. The lowest BCUT2D eigenvalue weighted by atomic mass is 10.0. The van der Waals surface area contributed by atoms with Gasteiger partial charge in [-0.2, -0.15) is 0 Å². The van der Waals surface area contributed by atoms with E-state index in [1.54, 1.807) is 0 Å². The average Bonchev–Trinajstić information content (AvgIpc) is 2.55. The van der Waals surface area contributed by atoms with Gasteiger partial charge >= 0.3 is 6.03 Å². The Morgan fingerprint density at radius 3 is 2.61 bits per heavy atom. The standard InChI is InChI=1S/C17H18ClFN2O2/c18-13-8-9-16(14(19)11-13)21-17(23)20-15(7-4-10-22)12-5-2-1-3-6-12/h1-3,5-6,8-9,11,15,22H,4,7,10H2,(H2,20,21,23). The zero-order valence-electron chi connectivity index (χ0n) is 12.4. The summed E-state index contributed by atoms with van der Waals surface area (Å²) in [5, 5.41) is 14.5. The van der Waals surface area contributed by atoms with Gasteiger partial charge in [-0.1, -0.05) is 41.9 Å². The molecule has 0 fully saturated rings. The van der Waals surface area contributed by atoms with E-state index in [4.69, 9.17) is 16.7 Å². The van der Waals surface area contributed by atoms with E-state index in [9.17, 15) is 9.18 Å². The van der Waals surface area contributed by atoms with Gasteiger partial charge in [0.05, 0.1) is 11.7 Å². The minimum absolute atomic E-state index is 0.0401. The van der Waals surface area contributed by atoms with Gasteiger partial charge in [0.2, 0.25) is 0 Å². The number of amides is 2. The molecule has 0 bridgehead atoms. The third-order valence-corrected chi connectivity index (χ3v) is 3.57. The molecule has 0 spiro atoms. The van der Waals surface area contributed by atoms with Crippen LogP contribution in [0.15, 0.2) is 48.5 Å². The van der Waals surface area contributed by atoms with E-state index in [2.05, 4.69) is 10.6 Å². The quantitative estimate of drug-likeness (QED) is 0.743. The number of urea groups is 1. The number of carbonyl (C=O) groups is 1. The molecular formula is C17H18ClFN2O2. The highest BCUT2D eigenvalue weighted by molar-refractivity contribution is 6.30. The van der Waals surface area contributed by atoms with Gasteiger partial charge < -0.3 is 15.7 Å². The van der Waals surface area contributed by atoms with Crippen molar-refractivity contribution >= 4 is 23.3 Å². The predicted octanol–water partition coefficient (Wildman–Crippen LogP) is 4.11. The molecule has 3 N–H and O–H groups in total.